The second-order valence-corrected chi connectivity index (χ2v) is 7.01. The summed E-state index contributed by atoms with van der Waals surface area (Å²) in [6.07, 6.45) is 1.56. The van der Waals surface area contributed by atoms with Gasteiger partial charge in [-0.3, -0.25) is 4.79 Å². The highest BCUT2D eigenvalue weighted by molar-refractivity contribution is 6.02. The molecule has 4 rings (SSSR count). The van der Waals surface area contributed by atoms with E-state index < -0.39 is 0 Å². The molecule has 0 saturated carbocycles. The summed E-state index contributed by atoms with van der Waals surface area (Å²) in [7, 11) is 0. The summed E-state index contributed by atoms with van der Waals surface area (Å²) >= 11 is 0. The maximum absolute atomic E-state index is 13.1. The van der Waals surface area contributed by atoms with Crippen LogP contribution < -0.4 is 14.9 Å². The van der Waals surface area contributed by atoms with Crippen LogP contribution in [0, 0.1) is 5.82 Å². The SMILES string of the molecule is O=C(COc1ccccc1)N/N=C/c1c(OCc2ccc(F)cc2)ccc2ccccc12. The van der Waals surface area contributed by atoms with E-state index >= 15 is 0 Å². The molecule has 0 spiro atoms. The Morgan fingerprint density at radius 1 is 0.875 bits per heavy atom. The van der Waals surface area contributed by atoms with E-state index in [0.29, 0.717) is 11.5 Å². The molecule has 5 nitrogen and oxygen atoms in total. The average molecular weight is 428 g/mol. The molecule has 0 aliphatic heterocycles. The van der Waals surface area contributed by atoms with Crippen LogP contribution in [-0.2, 0) is 11.4 Å². The van der Waals surface area contributed by atoms with Crippen LogP contribution in [0.25, 0.3) is 10.8 Å². The van der Waals surface area contributed by atoms with E-state index in [2.05, 4.69) is 10.5 Å². The van der Waals surface area contributed by atoms with Gasteiger partial charge in [0.2, 0.25) is 0 Å². The molecule has 0 fully saturated rings. The molecule has 0 heterocycles. The molecule has 0 atom stereocenters. The first-order valence-corrected chi connectivity index (χ1v) is 10.1. The smallest absolute Gasteiger partial charge is 0.277 e. The van der Waals surface area contributed by atoms with Gasteiger partial charge in [-0.15, -0.1) is 0 Å². The summed E-state index contributed by atoms with van der Waals surface area (Å²) < 4.78 is 24.5. The minimum Gasteiger partial charge on any atom is -0.488 e. The number of ether oxygens (including phenoxy) is 2. The number of nitrogens with one attached hydrogen (secondary N) is 1. The third-order valence-corrected chi connectivity index (χ3v) is 4.73. The van der Waals surface area contributed by atoms with Gasteiger partial charge in [0, 0.05) is 5.56 Å². The zero-order valence-corrected chi connectivity index (χ0v) is 17.2. The van der Waals surface area contributed by atoms with Crippen LogP contribution in [0.1, 0.15) is 11.1 Å². The molecule has 1 N–H and O–H groups in total. The van der Waals surface area contributed by atoms with Gasteiger partial charge < -0.3 is 9.47 Å². The van der Waals surface area contributed by atoms with Crippen LogP contribution in [0.4, 0.5) is 4.39 Å². The Kier molecular flexibility index (Phi) is 6.72. The molecule has 0 bridgehead atoms. The largest absolute Gasteiger partial charge is 0.488 e. The number of carbonyl (C=O) groups is 1. The van der Waals surface area contributed by atoms with Crippen LogP contribution >= 0.6 is 0 Å². The Balaban J connectivity index is 1.47. The molecular weight excluding hydrogens is 407 g/mol. The topological polar surface area (TPSA) is 59.9 Å². The highest BCUT2D eigenvalue weighted by atomic mass is 19.1. The number of para-hydroxylation sites is 1. The molecule has 6 heteroatoms. The molecule has 1 amide bonds. The average Bonchev–Trinajstić information content (AvgIpc) is 2.83. The number of halogens is 1. The number of fused-ring (bicyclic) bond motifs is 1. The third-order valence-electron chi connectivity index (χ3n) is 4.73. The van der Waals surface area contributed by atoms with Crippen LogP contribution in [0.3, 0.4) is 0 Å². The van der Waals surface area contributed by atoms with Crippen molar-refractivity contribution in [1.29, 1.82) is 0 Å². The second kappa shape index (κ2) is 10.2. The standard InChI is InChI=1S/C26H21FN2O3/c27-21-13-10-19(11-14-21)17-32-25-15-12-20-6-4-5-9-23(20)24(25)16-28-29-26(30)18-31-22-7-2-1-3-8-22/h1-16H,17-18H2,(H,29,30)/b28-16+. The molecule has 0 aromatic heterocycles. The van der Waals surface area contributed by atoms with Crippen LogP contribution in [0.2, 0.25) is 0 Å². The van der Waals surface area contributed by atoms with Gasteiger partial charge in [-0.2, -0.15) is 5.10 Å². The lowest BCUT2D eigenvalue weighted by atomic mass is 10.0. The number of carbonyl (C=O) groups excluding carboxylic acids is 1. The van der Waals surface area contributed by atoms with E-state index in [-0.39, 0.29) is 24.9 Å². The van der Waals surface area contributed by atoms with Gasteiger partial charge >= 0.3 is 0 Å². The highest BCUT2D eigenvalue weighted by Crippen LogP contribution is 2.27. The zero-order valence-electron chi connectivity index (χ0n) is 17.2. The number of nitrogens with zero attached hydrogens (tertiary/aromatic N) is 1. The first-order chi connectivity index (χ1) is 15.7. The molecule has 0 aliphatic rings. The van der Waals surface area contributed by atoms with Crippen LogP contribution in [-0.4, -0.2) is 18.7 Å². The van der Waals surface area contributed by atoms with Gasteiger partial charge in [0.1, 0.15) is 23.9 Å². The first kappa shape index (κ1) is 21.1. The maximum atomic E-state index is 13.1. The van der Waals surface area contributed by atoms with Gasteiger partial charge in [-0.1, -0.05) is 60.7 Å². The fourth-order valence-corrected chi connectivity index (χ4v) is 3.14. The van der Waals surface area contributed by atoms with E-state index in [4.69, 9.17) is 9.47 Å². The molecular formula is C26H21FN2O3. The number of hydrazone groups is 1. The lowest BCUT2D eigenvalue weighted by Crippen LogP contribution is -2.24. The molecule has 4 aromatic carbocycles. The van der Waals surface area contributed by atoms with Crippen molar-refractivity contribution in [3.05, 3.63) is 108 Å². The van der Waals surface area contributed by atoms with E-state index in [1.807, 2.05) is 54.6 Å². The summed E-state index contributed by atoms with van der Waals surface area (Å²) in [5, 5.41) is 6.05. The van der Waals surface area contributed by atoms with Crippen molar-refractivity contribution in [2.45, 2.75) is 6.61 Å². The van der Waals surface area contributed by atoms with Crippen LogP contribution in [0.15, 0.2) is 96.1 Å². The van der Waals surface area contributed by atoms with Crippen molar-refractivity contribution in [3.8, 4) is 11.5 Å². The molecule has 4 aromatic rings. The summed E-state index contributed by atoms with van der Waals surface area (Å²) in [4.78, 5) is 12.1. The lowest BCUT2D eigenvalue weighted by molar-refractivity contribution is -0.123. The maximum Gasteiger partial charge on any atom is 0.277 e. The Morgan fingerprint density at radius 3 is 2.44 bits per heavy atom. The van der Waals surface area contributed by atoms with Crippen molar-refractivity contribution in [2.75, 3.05) is 6.61 Å². The molecule has 0 unspecified atom stereocenters. The first-order valence-electron chi connectivity index (χ1n) is 10.1. The Hall–Kier alpha value is -4.19. The molecule has 0 radical (unpaired) electrons. The number of amides is 1. The molecule has 0 saturated heterocycles. The lowest BCUT2D eigenvalue weighted by Gasteiger charge is -2.12. The van der Waals surface area contributed by atoms with Gasteiger partial charge in [0.15, 0.2) is 6.61 Å². The van der Waals surface area contributed by atoms with Crippen LogP contribution in [0.5, 0.6) is 11.5 Å². The summed E-state index contributed by atoms with van der Waals surface area (Å²) in [6.45, 7) is 0.127. The van der Waals surface area contributed by atoms with E-state index in [9.17, 15) is 9.18 Å². The van der Waals surface area contributed by atoms with Gasteiger partial charge in [-0.05, 0) is 46.7 Å². The fourth-order valence-electron chi connectivity index (χ4n) is 3.14. The number of hydrogen-bond donors (Lipinski definition) is 1. The second-order valence-electron chi connectivity index (χ2n) is 7.01. The van der Waals surface area contributed by atoms with E-state index in [1.165, 1.54) is 12.1 Å². The van der Waals surface area contributed by atoms with Crippen molar-refractivity contribution in [3.63, 3.8) is 0 Å². The fraction of sp³-hybridized carbons (Fsp3) is 0.0769. The highest BCUT2D eigenvalue weighted by Gasteiger charge is 2.08. The van der Waals surface area contributed by atoms with Crippen molar-refractivity contribution in [2.24, 2.45) is 5.10 Å². The zero-order chi connectivity index (χ0) is 22.2. The van der Waals surface area contributed by atoms with Crippen molar-refractivity contribution in [1.82, 2.24) is 5.43 Å². The molecule has 32 heavy (non-hydrogen) atoms. The number of rotatable bonds is 8. The Morgan fingerprint density at radius 2 is 1.62 bits per heavy atom. The third kappa shape index (κ3) is 5.49. The van der Waals surface area contributed by atoms with E-state index in [1.54, 1.807) is 30.5 Å². The van der Waals surface area contributed by atoms with E-state index in [0.717, 1.165) is 21.9 Å². The normalized spacial score (nSPS) is 10.9. The van der Waals surface area contributed by atoms with Gasteiger partial charge in [0.05, 0.1) is 6.21 Å². The van der Waals surface area contributed by atoms with Gasteiger partial charge in [-0.25, -0.2) is 9.82 Å². The predicted molar refractivity (Wildman–Crippen MR) is 122 cm³/mol. The predicted octanol–water partition coefficient (Wildman–Crippen LogP) is 5.09. The number of benzene rings is 4. The monoisotopic (exact) mass is 428 g/mol. The summed E-state index contributed by atoms with van der Waals surface area (Å²) in [6, 6.07) is 26.9. The Labute approximate surface area is 185 Å². The van der Waals surface area contributed by atoms with Gasteiger partial charge in [0.25, 0.3) is 5.91 Å². The Bertz CT molecular complexity index is 1230. The van der Waals surface area contributed by atoms with Crippen molar-refractivity contribution < 1.29 is 18.7 Å². The molecule has 160 valence electrons. The quantitative estimate of drug-likeness (QED) is 0.314. The summed E-state index contributed by atoms with van der Waals surface area (Å²) in [5.41, 5.74) is 4.05. The molecule has 0 aliphatic carbocycles. The minimum atomic E-state index is -0.376. The number of hydrogen-bond acceptors (Lipinski definition) is 4. The minimum absolute atomic E-state index is 0.148. The summed E-state index contributed by atoms with van der Waals surface area (Å²) in [5.74, 6) is 0.544. The van der Waals surface area contributed by atoms with Crippen molar-refractivity contribution >= 4 is 22.9 Å².